The van der Waals surface area contributed by atoms with Gasteiger partial charge in [0.1, 0.15) is 10.1 Å². The summed E-state index contributed by atoms with van der Waals surface area (Å²) >= 11 is 0. The van der Waals surface area contributed by atoms with Crippen LogP contribution >= 0.6 is 0 Å². The summed E-state index contributed by atoms with van der Waals surface area (Å²) in [6.07, 6.45) is 0. The Bertz CT molecular complexity index is 624. The maximum atomic E-state index is 11.7. The van der Waals surface area contributed by atoms with Gasteiger partial charge in [-0.15, -0.1) is 0 Å². The Kier molecular flexibility index (Phi) is 8.86. The summed E-state index contributed by atoms with van der Waals surface area (Å²) in [4.78, 5) is 22.8. The van der Waals surface area contributed by atoms with E-state index in [2.05, 4.69) is 0 Å². The number of hydrogen-bond donors (Lipinski definition) is 0. The van der Waals surface area contributed by atoms with Crippen molar-refractivity contribution in [2.45, 2.75) is 18.7 Å². The Hall–Kier alpha value is -0.294. The van der Waals surface area contributed by atoms with Crippen LogP contribution in [0.2, 0.25) is 0 Å². The molecule has 0 amide bonds. The molecule has 1 aromatic carbocycles. The smallest absolute Gasteiger partial charge is 0.744 e. The largest absolute Gasteiger partial charge is 1.00 e. The van der Waals surface area contributed by atoms with Crippen LogP contribution in [0, 0.1) is 0 Å². The second-order valence-electron chi connectivity index (χ2n) is 3.60. The average molecular weight is 340 g/mol. The van der Waals surface area contributed by atoms with Crippen LogP contribution in [-0.2, 0) is 19.6 Å². The van der Waals surface area contributed by atoms with Crippen molar-refractivity contribution < 1.29 is 83.4 Å². The van der Waals surface area contributed by atoms with E-state index >= 15 is 0 Å². The normalized spacial score (nSPS) is 10.4. The molecule has 0 saturated heterocycles. The Labute approximate surface area is 165 Å². The fourth-order valence-electron chi connectivity index (χ4n) is 1.44. The summed E-state index contributed by atoms with van der Waals surface area (Å²) in [6.45, 7) is 3.26. The van der Waals surface area contributed by atoms with Crippen LogP contribution in [0.4, 0.5) is 0 Å². The van der Waals surface area contributed by atoms with Crippen LogP contribution in [0.1, 0.15) is 34.6 Å². The van der Waals surface area contributed by atoms with Crippen molar-refractivity contribution in [1.82, 2.24) is 0 Å². The molecule has 0 radical (unpaired) electrons. The van der Waals surface area contributed by atoms with Gasteiger partial charge in [-0.05, 0) is 32.0 Å². The SMILES string of the molecule is CCOC(=O)c1ccc(S(=O)(=O)[O-])cc1C(=O)OCC.[K+]. The number of esters is 2. The van der Waals surface area contributed by atoms with E-state index in [0.717, 1.165) is 18.2 Å². The summed E-state index contributed by atoms with van der Waals surface area (Å²) in [5.74, 6) is -1.70. The van der Waals surface area contributed by atoms with Gasteiger partial charge < -0.3 is 14.0 Å². The van der Waals surface area contributed by atoms with E-state index in [1.807, 2.05) is 0 Å². The van der Waals surface area contributed by atoms with Gasteiger partial charge in [0, 0.05) is 0 Å². The summed E-state index contributed by atoms with van der Waals surface area (Å²) in [7, 11) is -4.74. The monoisotopic (exact) mass is 340 g/mol. The van der Waals surface area contributed by atoms with E-state index in [4.69, 9.17) is 9.47 Å². The van der Waals surface area contributed by atoms with Gasteiger partial charge in [0.25, 0.3) is 0 Å². The molecular weight excluding hydrogens is 327 g/mol. The standard InChI is InChI=1S/C12H14O7S.K/c1-3-18-11(13)9-6-5-8(20(15,16)17)7-10(9)12(14)19-4-2;/h5-7H,3-4H2,1-2H3,(H,15,16,17);/q;+1/p-1. The van der Waals surface area contributed by atoms with Crippen molar-refractivity contribution in [3.05, 3.63) is 29.3 Å². The number of ether oxygens (including phenoxy) is 2. The predicted molar refractivity (Wildman–Crippen MR) is 66.3 cm³/mol. The van der Waals surface area contributed by atoms with Crippen LogP contribution in [0.15, 0.2) is 23.1 Å². The quantitative estimate of drug-likeness (QED) is 0.345. The molecule has 0 aromatic heterocycles. The third kappa shape index (κ3) is 5.78. The third-order valence-corrected chi connectivity index (χ3v) is 3.10. The zero-order valence-corrected chi connectivity index (χ0v) is 15.9. The molecule has 9 heteroatoms. The fourth-order valence-corrected chi connectivity index (χ4v) is 1.94. The Balaban J connectivity index is 0.00000400. The first-order valence-electron chi connectivity index (χ1n) is 5.75. The van der Waals surface area contributed by atoms with E-state index in [9.17, 15) is 22.6 Å². The van der Waals surface area contributed by atoms with Crippen LogP contribution < -0.4 is 51.4 Å². The molecule has 7 nitrogen and oxygen atoms in total. The zero-order chi connectivity index (χ0) is 15.3. The third-order valence-electron chi connectivity index (χ3n) is 2.27. The maximum absolute atomic E-state index is 11.7. The molecule has 21 heavy (non-hydrogen) atoms. The molecule has 0 fully saturated rings. The van der Waals surface area contributed by atoms with Crippen LogP contribution in [0.3, 0.4) is 0 Å². The molecule has 0 bridgehead atoms. The van der Waals surface area contributed by atoms with Gasteiger partial charge in [0.15, 0.2) is 0 Å². The number of rotatable bonds is 5. The second-order valence-corrected chi connectivity index (χ2v) is 4.98. The van der Waals surface area contributed by atoms with Gasteiger partial charge in [-0.1, -0.05) is 0 Å². The van der Waals surface area contributed by atoms with Crippen molar-refractivity contribution in [3.63, 3.8) is 0 Å². The number of carbonyl (C=O) groups is 2. The minimum absolute atomic E-state index is 0. The average Bonchev–Trinajstić information content (AvgIpc) is 2.37. The summed E-state index contributed by atoms with van der Waals surface area (Å²) < 4.78 is 42.3. The Morgan fingerprint density at radius 1 is 1.05 bits per heavy atom. The molecule has 0 heterocycles. The molecule has 1 rings (SSSR count). The van der Waals surface area contributed by atoms with Crippen molar-refractivity contribution >= 4 is 22.1 Å². The molecular formula is C12H13KO7S. The van der Waals surface area contributed by atoms with Gasteiger partial charge in [-0.25, -0.2) is 18.0 Å². The van der Waals surface area contributed by atoms with Gasteiger partial charge >= 0.3 is 63.3 Å². The maximum Gasteiger partial charge on any atom is 1.00 e. The fraction of sp³-hybridized carbons (Fsp3) is 0.333. The van der Waals surface area contributed by atoms with Crippen LogP contribution in [-0.4, -0.2) is 38.1 Å². The molecule has 0 atom stereocenters. The topological polar surface area (TPSA) is 110 Å². The molecule has 0 aliphatic rings. The molecule has 0 unspecified atom stereocenters. The van der Waals surface area contributed by atoms with Gasteiger partial charge in [-0.3, -0.25) is 0 Å². The van der Waals surface area contributed by atoms with Crippen LogP contribution in [0.25, 0.3) is 0 Å². The van der Waals surface area contributed by atoms with E-state index in [0.29, 0.717) is 0 Å². The van der Waals surface area contributed by atoms with Crippen molar-refractivity contribution in [1.29, 1.82) is 0 Å². The zero-order valence-electron chi connectivity index (χ0n) is 11.9. The number of hydrogen-bond acceptors (Lipinski definition) is 7. The molecule has 1 aromatic rings. The van der Waals surface area contributed by atoms with Crippen molar-refractivity contribution in [3.8, 4) is 0 Å². The first-order valence-corrected chi connectivity index (χ1v) is 7.16. The van der Waals surface area contributed by atoms with E-state index in [-0.39, 0.29) is 75.7 Å². The molecule has 0 aliphatic carbocycles. The first kappa shape index (κ1) is 20.7. The van der Waals surface area contributed by atoms with Gasteiger partial charge in [0.2, 0.25) is 0 Å². The number of carbonyl (C=O) groups excluding carboxylic acids is 2. The Morgan fingerprint density at radius 3 is 1.95 bits per heavy atom. The van der Waals surface area contributed by atoms with E-state index in [1.54, 1.807) is 13.8 Å². The van der Waals surface area contributed by atoms with Crippen molar-refractivity contribution in [2.75, 3.05) is 13.2 Å². The van der Waals surface area contributed by atoms with Crippen LogP contribution in [0.5, 0.6) is 0 Å². The minimum Gasteiger partial charge on any atom is -0.744 e. The molecule has 0 aliphatic heterocycles. The molecule has 110 valence electrons. The molecule has 0 N–H and O–H groups in total. The van der Waals surface area contributed by atoms with E-state index in [1.165, 1.54) is 0 Å². The summed E-state index contributed by atoms with van der Waals surface area (Å²) in [6, 6.07) is 2.80. The minimum atomic E-state index is -4.74. The Morgan fingerprint density at radius 2 is 1.52 bits per heavy atom. The second kappa shape index (κ2) is 8.98. The van der Waals surface area contributed by atoms with Gasteiger partial charge in [-0.2, -0.15) is 0 Å². The number of benzene rings is 1. The first-order chi connectivity index (χ1) is 9.31. The summed E-state index contributed by atoms with van der Waals surface area (Å²) in [5, 5.41) is 0. The molecule has 0 saturated carbocycles. The van der Waals surface area contributed by atoms with Gasteiger partial charge in [0.05, 0.1) is 29.2 Å². The summed E-state index contributed by atoms with van der Waals surface area (Å²) in [5.41, 5.74) is -0.472. The van der Waals surface area contributed by atoms with E-state index < -0.39 is 27.0 Å². The molecule has 0 spiro atoms. The predicted octanol–water partition coefficient (Wildman–Crippen LogP) is -2.05. The van der Waals surface area contributed by atoms with Crippen molar-refractivity contribution in [2.24, 2.45) is 0 Å².